The molecular formula is C23H22N2O2. The largest absolute Gasteiger partial charge is 0.497 e. The minimum atomic E-state index is 0.570. The molecular weight excluding hydrogens is 336 g/mol. The molecule has 0 atom stereocenters. The highest BCUT2D eigenvalue weighted by molar-refractivity contribution is 5.80. The van der Waals surface area contributed by atoms with E-state index in [0.29, 0.717) is 13.2 Å². The van der Waals surface area contributed by atoms with Gasteiger partial charge in [-0.3, -0.25) is 0 Å². The van der Waals surface area contributed by atoms with Gasteiger partial charge in [0.2, 0.25) is 0 Å². The number of methoxy groups -OCH3 is 1. The van der Waals surface area contributed by atoms with E-state index < -0.39 is 0 Å². The summed E-state index contributed by atoms with van der Waals surface area (Å²) in [6.45, 7) is 3.35. The van der Waals surface area contributed by atoms with Crippen molar-refractivity contribution in [2.75, 3.05) is 13.7 Å². The molecule has 0 aliphatic heterocycles. The van der Waals surface area contributed by atoms with Crippen molar-refractivity contribution in [3.8, 4) is 22.9 Å². The Balaban J connectivity index is 1.64. The molecule has 0 fully saturated rings. The first-order chi connectivity index (χ1) is 13.2. The summed E-state index contributed by atoms with van der Waals surface area (Å²) in [6.07, 6.45) is 0. The second kappa shape index (κ2) is 7.54. The third-order valence-electron chi connectivity index (χ3n) is 4.59. The first-order valence-corrected chi connectivity index (χ1v) is 9.04. The lowest BCUT2D eigenvalue weighted by molar-refractivity contribution is 0.301. The second-order valence-corrected chi connectivity index (χ2v) is 6.47. The van der Waals surface area contributed by atoms with E-state index in [1.165, 1.54) is 5.56 Å². The molecule has 4 rings (SSSR count). The van der Waals surface area contributed by atoms with Crippen molar-refractivity contribution in [3.63, 3.8) is 0 Å². The van der Waals surface area contributed by atoms with Gasteiger partial charge in [0.05, 0.1) is 24.7 Å². The summed E-state index contributed by atoms with van der Waals surface area (Å²) < 4.78 is 13.5. The minimum absolute atomic E-state index is 0.570. The molecule has 1 heterocycles. The molecule has 0 saturated carbocycles. The molecule has 0 aliphatic rings. The number of benzene rings is 3. The molecule has 0 saturated heterocycles. The molecule has 4 aromatic rings. The summed E-state index contributed by atoms with van der Waals surface area (Å²) in [7, 11) is 1.68. The van der Waals surface area contributed by atoms with Gasteiger partial charge in [-0.25, -0.2) is 4.98 Å². The van der Waals surface area contributed by atoms with E-state index in [1.54, 1.807) is 7.11 Å². The predicted octanol–water partition coefficient (Wildman–Crippen LogP) is 5.10. The number of nitrogens with zero attached hydrogens (tertiary/aromatic N) is 2. The zero-order chi connectivity index (χ0) is 18.6. The molecule has 136 valence electrons. The molecule has 4 heteroatoms. The lowest BCUT2D eigenvalue weighted by atomic mass is 10.2. The Bertz CT molecular complexity index is 1050. The van der Waals surface area contributed by atoms with Crippen LogP contribution in [-0.2, 0) is 6.54 Å². The summed E-state index contributed by atoms with van der Waals surface area (Å²) in [5.74, 6) is 2.62. The van der Waals surface area contributed by atoms with Crippen LogP contribution in [0.25, 0.3) is 22.4 Å². The minimum Gasteiger partial charge on any atom is -0.497 e. The molecule has 0 aliphatic carbocycles. The van der Waals surface area contributed by atoms with E-state index in [1.807, 2.05) is 48.5 Å². The van der Waals surface area contributed by atoms with Crippen LogP contribution >= 0.6 is 0 Å². The van der Waals surface area contributed by atoms with Crippen LogP contribution in [0.1, 0.15) is 5.56 Å². The fourth-order valence-corrected chi connectivity index (χ4v) is 3.17. The van der Waals surface area contributed by atoms with Crippen LogP contribution in [0.4, 0.5) is 0 Å². The van der Waals surface area contributed by atoms with Crippen LogP contribution in [0.15, 0.2) is 72.8 Å². The average molecular weight is 358 g/mol. The van der Waals surface area contributed by atoms with Crippen molar-refractivity contribution in [2.45, 2.75) is 13.5 Å². The van der Waals surface area contributed by atoms with Gasteiger partial charge in [0.1, 0.15) is 23.9 Å². The molecule has 27 heavy (non-hydrogen) atoms. The quantitative estimate of drug-likeness (QED) is 0.481. The zero-order valence-corrected chi connectivity index (χ0v) is 15.6. The van der Waals surface area contributed by atoms with E-state index >= 15 is 0 Å². The van der Waals surface area contributed by atoms with Gasteiger partial charge >= 0.3 is 0 Å². The number of rotatable bonds is 6. The maximum absolute atomic E-state index is 5.95. The van der Waals surface area contributed by atoms with Crippen LogP contribution in [0.2, 0.25) is 0 Å². The topological polar surface area (TPSA) is 36.3 Å². The number of aromatic nitrogens is 2. The van der Waals surface area contributed by atoms with E-state index in [2.05, 4.69) is 35.8 Å². The number of hydrogen-bond donors (Lipinski definition) is 0. The molecule has 0 bridgehead atoms. The molecule has 4 nitrogen and oxygen atoms in total. The summed E-state index contributed by atoms with van der Waals surface area (Å²) in [5, 5.41) is 0. The van der Waals surface area contributed by atoms with E-state index in [9.17, 15) is 0 Å². The summed E-state index contributed by atoms with van der Waals surface area (Å²) in [6, 6.07) is 24.3. The van der Waals surface area contributed by atoms with Gasteiger partial charge in [-0.15, -0.1) is 0 Å². The molecule has 1 aromatic heterocycles. The second-order valence-electron chi connectivity index (χ2n) is 6.47. The Morgan fingerprint density at radius 3 is 2.52 bits per heavy atom. The first-order valence-electron chi connectivity index (χ1n) is 9.04. The van der Waals surface area contributed by atoms with Crippen molar-refractivity contribution >= 4 is 11.0 Å². The Morgan fingerprint density at radius 1 is 0.889 bits per heavy atom. The number of ether oxygens (including phenoxy) is 2. The molecule has 0 amide bonds. The number of hydrogen-bond acceptors (Lipinski definition) is 3. The Kier molecular flexibility index (Phi) is 4.79. The van der Waals surface area contributed by atoms with Crippen molar-refractivity contribution in [2.24, 2.45) is 0 Å². The zero-order valence-electron chi connectivity index (χ0n) is 15.6. The van der Waals surface area contributed by atoms with Gasteiger partial charge in [0.15, 0.2) is 0 Å². The number of para-hydroxylation sites is 2. The van der Waals surface area contributed by atoms with Gasteiger partial charge in [-0.1, -0.05) is 42.0 Å². The maximum Gasteiger partial charge on any atom is 0.141 e. The summed E-state index contributed by atoms with van der Waals surface area (Å²) >= 11 is 0. The normalized spacial score (nSPS) is 10.9. The number of imidazole rings is 1. The Hall–Kier alpha value is -3.27. The van der Waals surface area contributed by atoms with Crippen LogP contribution < -0.4 is 9.47 Å². The smallest absolute Gasteiger partial charge is 0.141 e. The Labute approximate surface area is 159 Å². The van der Waals surface area contributed by atoms with Crippen LogP contribution in [0.3, 0.4) is 0 Å². The number of fused-ring (bicyclic) bond motifs is 1. The summed E-state index contributed by atoms with van der Waals surface area (Å²) in [4.78, 5) is 4.85. The van der Waals surface area contributed by atoms with Gasteiger partial charge in [0.25, 0.3) is 0 Å². The highest BCUT2D eigenvalue weighted by Gasteiger charge is 2.13. The average Bonchev–Trinajstić information content (AvgIpc) is 3.08. The summed E-state index contributed by atoms with van der Waals surface area (Å²) in [5.41, 5.74) is 4.33. The third kappa shape index (κ3) is 3.65. The van der Waals surface area contributed by atoms with Crippen LogP contribution in [-0.4, -0.2) is 23.3 Å². The standard InChI is InChI=1S/C23H22N2O2/c1-17-10-12-19(13-11-17)27-15-14-25-22-9-4-3-8-21(22)24-23(25)18-6-5-7-20(16-18)26-2/h3-13,16H,14-15H2,1-2H3. The fraction of sp³-hybridized carbons (Fsp3) is 0.174. The van der Waals surface area contributed by atoms with Crippen molar-refractivity contribution in [3.05, 3.63) is 78.4 Å². The molecule has 0 unspecified atom stereocenters. The number of aryl methyl sites for hydroxylation is 1. The van der Waals surface area contributed by atoms with E-state index in [0.717, 1.165) is 33.9 Å². The molecule has 0 spiro atoms. The Morgan fingerprint density at radius 2 is 1.70 bits per heavy atom. The van der Waals surface area contributed by atoms with Crippen LogP contribution in [0, 0.1) is 6.92 Å². The lowest BCUT2D eigenvalue weighted by Crippen LogP contribution is -2.09. The predicted molar refractivity (Wildman–Crippen MR) is 108 cm³/mol. The lowest BCUT2D eigenvalue weighted by Gasteiger charge is -2.12. The monoisotopic (exact) mass is 358 g/mol. The first kappa shape index (κ1) is 17.2. The van der Waals surface area contributed by atoms with Crippen molar-refractivity contribution in [1.82, 2.24) is 9.55 Å². The van der Waals surface area contributed by atoms with Gasteiger partial charge in [0, 0.05) is 5.56 Å². The van der Waals surface area contributed by atoms with Gasteiger partial charge in [-0.05, 0) is 43.3 Å². The van der Waals surface area contributed by atoms with Crippen molar-refractivity contribution < 1.29 is 9.47 Å². The van der Waals surface area contributed by atoms with Crippen molar-refractivity contribution in [1.29, 1.82) is 0 Å². The van der Waals surface area contributed by atoms with Gasteiger partial charge < -0.3 is 14.0 Å². The third-order valence-corrected chi connectivity index (χ3v) is 4.59. The molecule has 3 aromatic carbocycles. The highest BCUT2D eigenvalue weighted by atomic mass is 16.5. The highest BCUT2D eigenvalue weighted by Crippen LogP contribution is 2.27. The molecule has 0 N–H and O–H groups in total. The van der Waals surface area contributed by atoms with E-state index in [4.69, 9.17) is 14.5 Å². The SMILES string of the molecule is COc1cccc(-c2nc3ccccc3n2CCOc2ccc(C)cc2)c1. The maximum atomic E-state index is 5.95. The fourth-order valence-electron chi connectivity index (χ4n) is 3.17. The molecule has 0 radical (unpaired) electrons. The van der Waals surface area contributed by atoms with Crippen LogP contribution in [0.5, 0.6) is 11.5 Å². The van der Waals surface area contributed by atoms with Gasteiger partial charge in [-0.2, -0.15) is 0 Å². The van der Waals surface area contributed by atoms with E-state index in [-0.39, 0.29) is 0 Å².